The lowest BCUT2D eigenvalue weighted by Crippen LogP contribution is -1.86. The summed E-state index contributed by atoms with van der Waals surface area (Å²) in [5.41, 5.74) is 1.61. The Balaban J connectivity index is 2.36. The minimum absolute atomic E-state index is 0.0340. The molecule has 0 spiro atoms. The van der Waals surface area contributed by atoms with E-state index in [0.717, 1.165) is 5.56 Å². The molecule has 3 nitrogen and oxygen atoms in total. The summed E-state index contributed by atoms with van der Waals surface area (Å²) < 4.78 is 5.16. The van der Waals surface area contributed by atoms with Gasteiger partial charge in [-0.3, -0.25) is 4.79 Å². The van der Waals surface area contributed by atoms with Crippen molar-refractivity contribution in [2.24, 2.45) is 0 Å². The highest BCUT2D eigenvalue weighted by Crippen LogP contribution is 2.19. The van der Waals surface area contributed by atoms with Crippen molar-refractivity contribution >= 4 is 26.4 Å². The van der Waals surface area contributed by atoms with Gasteiger partial charge in [-0.25, -0.2) is 4.98 Å². The van der Waals surface area contributed by atoms with Gasteiger partial charge in [-0.05, 0) is 12.1 Å². The SMILES string of the molecule is O=C(I)c1ccc(-c2cnco2)cc1. The van der Waals surface area contributed by atoms with Crippen LogP contribution < -0.4 is 0 Å². The third-order valence-electron chi connectivity index (χ3n) is 1.83. The number of hydrogen-bond donors (Lipinski definition) is 0. The van der Waals surface area contributed by atoms with Gasteiger partial charge in [-0.1, -0.05) is 12.1 Å². The minimum Gasteiger partial charge on any atom is -0.444 e. The smallest absolute Gasteiger partial charge is 0.222 e. The second kappa shape index (κ2) is 3.91. The Bertz CT molecular complexity index is 434. The standard InChI is InChI=1S/C10H6INO2/c11-10(13)8-3-1-7(2-4-8)9-5-12-6-14-9/h1-6H. The minimum atomic E-state index is 0.0340. The Labute approximate surface area is 94.3 Å². The van der Waals surface area contributed by atoms with Crippen LogP contribution in [0.1, 0.15) is 10.4 Å². The molecule has 0 radical (unpaired) electrons. The number of carbonyl (C=O) groups is 1. The first-order valence-corrected chi connectivity index (χ1v) is 5.04. The molecular weight excluding hydrogens is 293 g/mol. The molecule has 0 aliphatic rings. The normalized spacial score (nSPS) is 10.1. The molecule has 1 aromatic heterocycles. The van der Waals surface area contributed by atoms with Crippen LogP contribution in [-0.2, 0) is 0 Å². The zero-order valence-corrected chi connectivity index (χ0v) is 9.26. The van der Waals surface area contributed by atoms with Crippen molar-refractivity contribution in [3.63, 3.8) is 0 Å². The molecule has 0 fully saturated rings. The highest BCUT2D eigenvalue weighted by atomic mass is 127. The van der Waals surface area contributed by atoms with Gasteiger partial charge >= 0.3 is 0 Å². The number of hydrogen-bond acceptors (Lipinski definition) is 3. The van der Waals surface area contributed by atoms with E-state index in [1.54, 1.807) is 40.9 Å². The van der Waals surface area contributed by atoms with E-state index < -0.39 is 0 Å². The van der Waals surface area contributed by atoms with E-state index in [1.165, 1.54) is 6.39 Å². The van der Waals surface area contributed by atoms with Crippen molar-refractivity contribution in [3.8, 4) is 11.3 Å². The molecule has 14 heavy (non-hydrogen) atoms. The van der Waals surface area contributed by atoms with Crippen LogP contribution in [-0.4, -0.2) is 8.77 Å². The first kappa shape index (κ1) is 9.39. The van der Waals surface area contributed by atoms with Crippen molar-refractivity contribution in [2.45, 2.75) is 0 Å². The van der Waals surface area contributed by atoms with Crippen LogP contribution in [0.15, 0.2) is 41.3 Å². The lowest BCUT2D eigenvalue weighted by Gasteiger charge is -1.96. The van der Waals surface area contributed by atoms with Gasteiger partial charge in [0.25, 0.3) is 0 Å². The molecule has 70 valence electrons. The van der Waals surface area contributed by atoms with Crippen LogP contribution in [0.5, 0.6) is 0 Å². The van der Waals surface area contributed by atoms with E-state index in [0.29, 0.717) is 11.3 Å². The maximum atomic E-state index is 11.0. The maximum absolute atomic E-state index is 11.0. The summed E-state index contributed by atoms with van der Waals surface area (Å²) in [4.78, 5) is 14.8. The van der Waals surface area contributed by atoms with Crippen LogP contribution in [0.3, 0.4) is 0 Å². The monoisotopic (exact) mass is 299 g/mol. The van der Waals surface area contributed by atoms with Crippen LogP contribution in [0, 0.1) is 0 Å². The topological polar surface area (TPSA) is 43.1 Å². The molecule has 0 unspecified atom stereocenters. The Morgan fingerprint density at radius 1 is 1.29 bits per heavy atom. The number of oxazole rings is 1. The van der Waals surface area contributed by atoms with Gasteiger partial charge in [0.1, 0.15) is 0 Å². The molecule has 0 saturated heterocycles. The quantitative estimate of drug-likeness (QED) is 0.632. The fourth-order valence-electron chi connectivity index (χ4n) is 1.12. The first-order valence-electron chi connectivity index (χ1n) is 3.96. The van der Waals surface area contributed by atoms with Crippen molar-refractivity contribution in [3.05, 3.63) is 42.4 Å². The van der Waals surface area contributed by atoms with Gasteiger partial charge in [0.15, 0.2) is 12.2 Å². The molecule has 0 bridgehead atoms. The van der Waals surface area contributed by atoms with E-state index in [-0.39, 0.29) is 3.79 Å². The Morgan fingerprint density at radius 3 is 2.50 bits per heavy atom. The Kier molecular flexibility index (Phi) is 2.62. The van der Waals surface area contributed by atoms with E-state index in [2.05, 4.69) is 4.98 Å². The third-order valence-corrected chi connectivity index (χ3v) is 2.45. The molecule has 0 amide bonds. The summed E-state index contributed by atoms with van der Waals surface area (Å²) in [5.74, 6) is 0.706. The molecule has 2 rings (SSSR count). The van der Waals surface area contributed by atoms with E-state index in [1.807, 2.05) is 12.1 Å². The van der Waals surface area contributed by atoms with Gasteiger partial charge < -0.3 is 4.42 Å². The molecule has 0 saturated carbocycles. The van der Waals surface area contributed by atoms with Gasteiger partial charge in [-0.2, -0.15) is 0 Å². The van der Waals surface area contributed by atoms with Gasteiger partial charge in [0, 0.05) is 33.7 Å². The van der Waals surface area contributed by atoms with E-state index in [4.69, 9.17) is 4.42 Å². The summed E-state index contributed by atoms with van der Waals surface area (Å²) in [5, 5.41) is 0. The number of carbonyl (C=O) groups excluding carboxylic acids is 1. The summed E-state index contributed by atoms with van der Waals surface area (Å²) in [6, 6.07) is 7.22. The molecule has 1 heterocycles. The molecule has 4 heteroatoms. The highest BCUT2D eigenvalue weighted by Gasteiger charge is 2.03. The summed E-state index contributed by atoms with van der Waals surface area (Å²) in [6.45, 7) is 0. The van der Waals surface area contributed by atoms with Crippen LogP contribution in [0.2, 0.25) is 0 Å². The third kappa shape index (κ3) is 1.84. The lowest BCUT2D eigenvalue weighted by atomic mass is 10.1. The molecule has 0 N–H and O–H groups in total. The Hall–Kier alpha value is -1.17. The maximum Gasteiger partial charge on any atom is 0.222 e. The van der Waals surface area contributed by atoms with E-state index in [9.17, 15) is 4.79 Å². The predicted molar refractivity (Wildman–Crippen MR) is 60.3 cm³/mol. The number of rotatable bonds is 2. The van der Waals surface area contributed by atoms with Crippen molar-refractivity contribution in [1.29, 1.82) is 0 Å². The second-order valence-electron chi connectivity index (χ2n) is 2.72. The lowest BCUT2D eigenvalue weighted by molar-refractivity contribution is 0.110. The van der Waals surface area contributed by atoms with Gasteiger partial charge in [0.05, 0.1) is 6.20 Å². The summed E-state index contributed by atoms with van der Waals surface area (Å²) >= 11 is 1.76. The Morgan fingerprint density at radius 2 is 2.00 bits per heavy atom. The molecule has 2 aromatic rings. The van der Waals surface area contributed by atoms with Crippen LogP contribution >= 0.6 is 22.6 Å². The van der Waals surface area contributed by atoms with Crippen molar-refractivity contribution in [1.82, 2.24) is 4.98 Å². The average molecular weight is 299 g/mol. The summed E-state index contributed by atoms with van der Waals surface area (Å²) in [6.07, 6.45) is 3.02. The number of halogens is 1. The molecule has 0 aliphatic carbocycles. The van der Waals surface area contributed by atoms with Crippen molar-refractivity contribution < 1.29 is 9.21 Å². The number of aromatic nitrogens is 1. The van der Waals surface area contributed by atoms with Gasteiger partial charge in [-0.15, -0.1) is 0 Å². The fourth-order valence-corrected chi connectivity index (χ4v) is 1.48. The van der Waals surface area contributed by atoms with Crippen molar-refractivity contribution in [2.75, 3.05) is 0 Å². The van der Waals surface area contributed by atoms with Gasteiger partial charge in [0.2, 0.25) is 3.79 Å². The fraction of sp³-hybridized carbons (Fsp3) is 0. The predicted octanol–water partition coefficient (Wildman–Crippen LogP) is 2.92. The molecule has 1 aromatic carbocycles. The highest BCUT2D eigenvalue weighted by molar-refractivity contribution is 14.1. The molecule has 0 atom stereocenters. The van der Waals surface area contributed by atoms with Crippen LogP contribution in [0.25, 0.3) is 11.3 Å². The number of nitrogens with zero attached hydrogens (tertiary/aromatic N) is 1. The van der Waals surface area contributed by atoms with Crippen LogP contribution in [0.4, 0.5) is 0 Å². The molecule has 0 aliphatic heterocycles. The zero-order valence-electron chi connectivity index (χ0n) is 7.11. The second-order valence-corrected chi connectivity index (χ2v) is 3.70. The van der Waals surface area contributed by atoms with E-state index >= 15 is 0 Å². The molecular formula is C10H6INO2. The summed E-state index contributed by atoms with van der Waals surface area (Å²) in [7, 11) is 0. The average Bonchev–Trinajstić information content (AvgIpc) is 2.71. The largest absolute Gasteiger partial charge is 0.444 e. The first-order chi connectivity index (χ1) is 6.77. The zero-order chi connectivity index (χ0) is 9.97. The number of benzene rings is 1.